The highest BCUT2D eigenvalue weighted by Crippen LogP contribution is 2.14. The van der Waals surface area contributed by atoms with Gasteiger partial charge in [-0.15, -0.1) is 0 Å². The van der Waals surface area contributed by atoms with Gasteiger partial charge in [0.15, 0.2) is 0 Å². The van der Waals surface area contributed by atoms with Crippen LogP contribution in [0.4, 0.5) is 5.69 Å². The number of aliphatic hydroxyl groups excluding tert-OH is 1. The first kappa shape index (κ1) is 15.1. The molecule has 1 aromatic carbocycles. The molecule has 0 saturated heterocycles. The van der Waals surface area contributed by atoms with E-state index in [0.717, 1.165) is 11.4 Å². The van der Waals surface area contributed by atoms with Crippen LogP contribution in [0.15, 0.2) is 24.3 Å². The van der Waals surface area contributed by atoms with Crippen LogP contribution >= 0.6 is 11.8 Å². The maximum absolute atomic E-state index is 11.7. The second-order valence-electron chi connectivity index (χ2n) is 4.69. The molecule has 1 atom stereocenters. The Morgan fingerprint density at radius 2 is 1.94 bits per heavy atom. The Kier molecular flexibility index (Phi) is 6.22. The van der Waals surface area contributed by atoms with E-state index in [2.05, 4.69) is 11.6 Å². The molecule has 0 aliphatic rings. The topological polar surface area (TPSA) is 49.3 Å². The average Bonchev–Trinajstić information content (AvgIpc) is 2.31. The Morgan fingerprint density at radius 1 is 1.33 bits per heavy atom. The quantitative estimate of drug-likeness (QED) is 0.833. The Morgan fingerprint density at radius 3 is 2.44 bits per heavy atom. The Bertz CT molecular complexity index is 376. The van der Waals surface area contributed by atoms with E-state index in [-0.39, 0.29) is 18.2 Å². The minimum atomic E-state index is -0.583. The standard InChI is InChI=1S/C14H21NO2S/c1-10(2)13(16)8-14(17)15-12-6-4-11(5-7-12)9-18-3/h4-7,10,13,16H,8-9H2,1-3H3,(H,15,17). The van der Waals surface area contributed by atoms with E-state index in [4.69, 9.17) is 0 Å². The molecule has 1 rings (SSSR count). The molecular formula is C14H21NO2S. The first-order valence-corrected chi connectivity index (χ1v) is 7.48. The van der Waals surface area contributed by atoms with Crippen LogP contribution in [-0.2, 0) is 10.5 Å². The number of hydrogen-bond donors (Lipinski definition) is 2. The number of carbonyl (C=O) groups is 1. The van der Waals surface area contributed by atoms with Gasteiger partial charge in [0.2, 0.25) is 5.91 Å². The number of aliphatic hydroxyl groups is 1. The second-order valence-corrected chi connectivity index (χ2v) is 5.56. The molecular weight excluding hydrogens is 246 g/mol. The van der Waals surface area contributed by atoms with Crippen molar-refractivity contribution in [3.8, 4) is 0 Å². The van der Waals surface area contributed by atoms with Gasteiger partial charge in [-0.2, -0.15) is 11.8 Å². The molecule has 0 saturated carbocycles. The van der Waals surface area contributed by atoms with Gasteiger partial charge in [0.1, 0.15) is 0 Å². The van der Waals surface area contributed by atoms with Crippen LogP contribution in [-0.4, -0.2) is 23.4 Å². The van der Waals surface area contributed by atoms with E-state index in [1.54, 1.807) is 11.8 Å². The van der Waals surface area contributed by atoms with Gasteiger partial charge in [0.05, 0.1) is 12.5 Å². The summed E-state index contributed by atoms with van der Waals surface area (Å²) < 4.78 is 0. The summed E-state index contributed by atoms with van der Waals surface area (Å²) in [5.74, 6) is 0.925. The minimum Gasteiger partial charge on any atom is -0.392 e. The fourth-order valence-electron chi connectivity index (χ4n) is 1.49. The summed E-state index contributed by atoms with van der Waals surface area (Å²) in [4.78, 5) is 11.7. The van der Waals surface area contributed by atoms with E-state index in [0.29, 0.717) is 0 Å². The van der Waals surface area contributed by atoms with E-state index in [1.165, 1.54) is 5.56 Å². The van der Waals surface area contributed by atoms with Gasteiger partial charge in [-0.3, -0.25) is 4.79 Å². The molecule has 1 unspecified atom stereocenters. The summed E-state index contributed by atoms with van der Waals surface area (Å²) in [5.41, 5.74) is 2.02. The van der Waals surface area contributed by atoms with Crippen molar-refractivity contribution in [1.82, 2.24) is 0 Å². The first-order valence-electron chi connectivity index (χ1n) is 6.08. The molecule has 0 heterocycles. The normalized spacial score (nSPS) is 12.5. The van der Waals surface area contributed by atoms with Crippen LogP contribution in [0.1, 0.15) is 25.8 Å². The number of hydrogen-bond acceptors (Lipinski definition) is 3. The third-order valence-electron chi connectivity index (χ3n) is 2.71. The van der Waals surface area contributed by atoms with Gasteiger partial charge < -0.3 is 10.4 Å². The molecule has 0 aromatic heterocycles. The minimum absolute atomic E-state index is 0.0969. The molecule has 0 radical (unpaired) electrons. The van der Waals surface area contributed by atoms with Crippen molar-refractivity contribution in [2.45, 2.75) is 32.1 Å². The van der Waals surface area contributed by atoms with E-state index >= 15 is 0 Å². The van der Waals surface area contributed by atoms with Gasteiger partial charge in [0, 0.05) is 11.4 Å². The molecule has 0 aliphatic carbocycles. The first-order chi connectivity index (χ1) is 8.52. The maximum Gasteiger partial charge on any atom is 0.226 e. The van der Waals surface area contributed by atoms with Crippen LogP contribution in [0.25, 0.3) is 0 Å². The molecule has 2 N–H and O–H groups in total. The number of nitrogens with one attached hydrogen (secondary N) is 1. The molecule has 0 spiro atoms. The molecule has 18 heavy (non-hydrogen) atoms. The van der Waals surface area contributed by atoms with Gasteiger partial charge in [-0.05, 0) is 29.9 Å². The van der Waals surface area contributed by atoms with Crippen LogP contribution < -0.4 is 5.32 Å². The van der Waals surface area contributed by atoms with Gasteiger partial charge in [0.25, 0.3) is 0 Å². The Hall–Kier alpha value is -1.00. The second kappa shape index (κ2) is 7.44. The molecule has 100 valence electrons. The number of benzene rings is 1. The average molecular weight is 267 g/mol. The number of carbonyl (C=O) groups excluding carboxylic acids is 1. The van der Waals surface area contributed by atoms with Crippen molar-refractivity contribution >= 4 is 23.4 Å². The molecule has 0 aliphatic heterocycles. The number of thioether (sulfide) groups is 1. The SMILES string of the molecule is CSCc1ccc(NC(=O)CC(O)C(C)C)cc1. The highest BCUT2D eigenvalue weighted by Gasteiger charge is 2.14. The van der Waals surface area contributed by atoms with Crippen LogP contribution in [0.3, 0.4) is 0 Å². The van der Waals surface area contributed by atoms with Crippen molar-refractivity contribution < 1.29 is 9.90 Å². The Labute approximate surface area is 113 Å². The van der Waals surface area contributed by atoms with E-state index < -0.39 is 6.10 Å². The van der Waals surface area contributed by atoms with Crippen molar-refractivity contribution in [3.63, 3.8) is 0 Å². The van der Waals surface area contributed by atoms with E-state index in [9.17, 15) is 9.90 Å². The van der Waals surface area contributed by atoms with Gasteiger partial charge >= 0.3 is 0 Å². The van der Waals surface area contributed by atoms with Crippen LogP contribution in [0.5, 0.6) is 0 Å². The summed E-state index contributed by atoms with van der Waals surface area (Å²) in [6, 6.07) is 7.80. The van der Waals surface area contributed by atoms with Crippen molar-refractivity contribution in [1.29, 1.82) is 0 Å². The van der Waals surface area contributed by atoms with E-state index in [1.807, 2.05) is 38.1 Å². The third-order valence-corrected chi connectivity index (χ3v) is 3.33. The fourth-order valence-corrected chi connectivity index (χ4v) is 2.01. The lowest BCUT2D eigenvalue weighted by Crippen LogP contribution is -2.23. The largest absolute Gasteiger partial charge is 0.392 e. The molecule has 0 fully saturated rings. The summed E-state index contributed by atoms with van der Waals surface area (Å²) in [7, 11) is 0. The van der Waals surface area contributed by atoms with Gasteiger partial charge in [-0.25, -0.2) is 0 Å². The summed E-state index contributed by atoms with van der Waals surface area (Å²) in [5, 5.41) is 12.4. The van der Waals surface area contributed by atoms with Crippen molar-refractivity contribution in [2.24, 2.45) is 5.92 Å². The highest BCUT2D eigenvalue weighted by molar-refractivity contribution is 7.97. The number of anilines is 1. The van der Waals surface area contributed by atoms with Crippen LogP contribution in [0.2, 0.25) is 0 Å². The van der Waals surface area contributed by atoms with Crippen molar-refractivity contribution in [3.05, 3.63) is 29.8 Å². The smallest absolute Gasteiger partial charge is 0.226 e. The lowest BCUT2D eigenvalue weighted by Gasteiger charge is -2.14. The summed E-state index contributed by atoms with van der Waals surface area (Å²) >= 11 is 1.77. The van der Waals surface area contributed by atoms with Gasteiger partial charge in [-0.1, -0.05) is 26.0 Å². The maximum atomic E-state index is 11.7. The highest BCUT2D eigenvalue weighted by atomic mass is 32.2. The number of amides is 1. The molecule has 1 amide bonds. The zero-order valence-corrected chi connectivity index (χ0v) is 12.0. The van der Waals surface area contributed by atoms with Crippen molar-refractivity contribution in [2.75, 3.05) is 11.6 Å². The lowest BCUT2D eigenvalue weighted by molar-refractivity contribution is -0.118. The molecule has 4 heteroatoms. The molecule has 1 aromatic rings. The third kappa shape index (κ3) is 5.10. The Balaban J connectivity index is 2.49. The van der Waals surface area contributed by atoms with Crippen LogP contribution in [0, 0.1) is 5.92 Å². The molecule has 0 bridgehead atoms. The molecule has 3 nitrogen and oxygen atoms in total. The fraction of sp³-hybridized carbons (Fsp3) is 0.500. The zero-order chi connectivity index (χ0) is 13.5. The monoisotopic (exact) mass is 267 g/mol. The summed E-state index contributed by atoms with van der Waals surface area (Å²) in [6.45, 7) is 3.80. The lowest BCUT2D eigenvalue weighted by atomic mass is 10.0. The predicted octanol–water partition coefficient (Wildman–Crippen LogP) is 2.90. The summed E-state index contributed by atoms with van der Waals surface area (Å²) in [6.07, 6.45) is 1.62. The predicted molar refractivity (Wildman–Crippen MR) is 77.8 cm³/mol. The zero-order valence-electron chi connectivity index (χ0n) is 11.1. The number of rotatable bonds is 6.